The molecule has 3 rings (SSSR count). The van der Waals surface area contributed by atoms with E-state index in [2.05, 4.69) is 79.8 Å². The Morgan fingerprint density at radius 2 is 1.55 bits per heavy atom. The zero-order valence-corrected chi connectivity index (χ0v) is 29.7. The Hall–Kier alpha value is -5.26. The summed E-state index contributed by atoms with van der Waals surface area (Å²) in [5, 5.41) is 27.2. The van der Waals surface area contributed by atoms with Crippen molar-refractivity contribution in [3.63, 3.8) is 0 Å². The summed E-state index contributed by atoms with van der Waals surface area (Å²) < 4.78 is 5.84. The van der Waals surface area contributed by atoms with Crippen molar-refractivity contribution in [2.75, 3.05) is 25.0 Å². The molecule has 0 heterocycles. The molecule has 0 fully saturated rings. The van der Waals surface area contributed by atoms with Crippen LogP contribution in [0.15, 0.2) is 71.7 Å². The van der Waals surface area contributed by atoms with Gasteiger partial charge in [-0.05, 0) is 72.9 Å². The number of non-ortho nitro benzene ring substituents is 1. The molecular weight excluding hydrogens is 626 g/mol. The number of carbonyl (C=O) groups is 3. The monoisotopic (exact) mass is 677 g/mol. The number of benzene rings is 3. The van der Waals surface area contributed by atoms with Gasteiger partial charge < -0.3 is 20.0 Å². The molecular formula is C37H51N5O7. The molecule has 0 aliphatic heterocycles. The number of hydrogen-bond donors (Lipinski definition) is 4. The standard InChI is InChI=1S/C24H31N3O3.C8H8N2O4.C5H12/c1-18-8-4-5-9-22(18)10-6-7-17-30-23-13-11-21(12-14-23)15-16-25-24(26-19(2)28)27-20(3)29;11-4-3-9-7-5-6(10(13)14)1-2-8(7)12;1-5(2,3)4/h4-5,8-9,11-14H,6-7,10,15-17H2,1-3H3,(H2,25,26,27,28,29);1-2,4-5,9,12H,3H2;1-4H3. The summed E-state index contributed by atoms with van der Waals surface area (Å²) >= 11 is 0. The summed E-state index contributed by atoms with van der Waals surface area (Å²) in [7, 11) is 0. The Labute approximate surface area is 289 Å². The van der Waals surface area contributed by atoms with Crippen LogP contribution in [-0.4, -0.2) is 53.8 Å². The molecule has 3 aromatic rings. The van der Waals surface area contributed by atoms with Crippen LogP contribution in [0.5, 0.6) is 11.5 Å². The molecule has 49 heavy (non-hydrogen) atoms. The number of aromatic hydroxyl groups is 1. The number of phenolic OH excluding ortho intramolecular Hbond substituents is 1. The van der Waals surface area contributed by atoms with Crippen molar-refractivity contribution in [3.8, 4) is 11.5 Å². The molecule has 3 aromatic carbocycles. The van der Waals surface area contributed by atoms with Gasteiger partial charge in [0.15, 0.2) is 0 Å². The van der Waals surface area contributed by atoms with Gasteiger partial charge in [0.1, 0.15) is 17.8 Å². The van der Waals surface area contributed by atoms with E-state index in [1.807, 2.05) is 24.3 Å². The first-order valence-corrected chi connectivity index (χ1v) is 16.1. The zero-order chi connectivity index (χ0) is 36.8. The molecule has 0 saturated heterocycles. The highest BCUT2D eigenvalue weighted by Gasteiger charge is 2.09. The van der Waals surface area contributed by atoms with Crippen LogP contribution in [0.4, 0.5) is 11.4 Å². The molecule has 0 radical (unpaired) electrons. The van der Waals surface area contributed by atoms with Crippen LogP contribution in [-0.2, 0) is 27.2 Å². The first kappa shape index (κ1) is 41.8. The number of aryl methyl sites for hydroxylation is 2. The number of aldehydes is 1. The molecule has 0 spiro atoms. The number of guanidine groups is 1. The number of aliphatic imine (C=N–C) groups is 1. The highest BCUT2D eigenvalue weighted by Crippen LogP contribution is 2.27. The molecule has 0 aliphatic carbocycles. The van der Waals surface area contributed by atoms with E-state index < -0.39 is 4.92 Å². The number of anilines is 1. The number of nitrogens with zero attached hydrogens (tertiary/aromatic N) is 2. The number of carbonyl (C=O) groups excluding carboxylic acids is 3. The van der Waals surface area contributed by atoms with E-state index in [-0.39, 0.29) is 41.4 Å². The van der Waals surface area contributed by atoms with Crippen LogP contribution in [0.1, 0.15) is 71.1 Å². The predicted molar refractivity (Wildman–Crippen MR) is 194 cm³/mol. The lowest BCUT2D eigenvalue weighted by Gasteiger charge is -2.09. The van der Waals surface area contributed by atoms with E-state index >= 15 is 0 Å². The average Bonchev–Trinajstić information content (AvgIpc) is 3.01. The fourth-order valence-corrected chi connectivity index (χ4v) is 3.92. The lowest BCUT2D eigenvalue weighted by atomic mass is 10.0. The molecule has 0 aromatic heterocycles. The molecule has 4 N–H and O–H groups in total. The molecule has 0 bridgehead atoms. The topological polar surface area (TPSA) is 172 Å². The van der Waals surface area contributed by atoms with Gasteiger partial charge in [-0.1, -0.05) is 64.1 Å². The fraction of sp³-hybridized carbons (Fsp3) is 0.405. The summed E-state index contributed by atoms with van der Waals surface area (Å²) in [4.78, 5) is 46.4. The van der Waals surface area contributed by atoms with Crippen LogP contribution in [0.3, 0.4) is 0 Å². The third kappa shape index (κ3) is 20.6. The quantitative estimate of drug-likeness (QED) is 0.0301. The van der Waals surface area contributed by atoms with Gasteiger partial charge in [-0.15, -0.1) is 0 Å². The molecule has 12 heteroatoms. The lowest BCUT2D eigenvalue weighted by Crippen LogP contribution is -2.42. The largest absolute Gasteiger partial charge is 0.506 e. The zero-order valence-electron chi connectivity index (χ0n) is 29.7. The van der Waals surface area contributed by atoms with Gasteiger partial charge in [0.2, 0.25) is 17.8 Å². The minimum absolute atomic E-state index is 0.00523. The second kappa shape index (κ2) is 22.3. The normalized spacial score (nSPS) is 10.2. The summed E-state index contributed by atoms with van der Waals surface area (Å²) in [6, 6.07) is 20.0. The van der Waals surface area contributed by atoms with Gasteiger partial charge in [-0.2, -0.15) is 0 Å². The summed E-state index contributed by atoms with van der Waals surface area (Å²) in [6.45, 7) is 14.8. The molecule has 2 amide bonds. The number of nitrogens with one attached hydrogen (secondary N) is 3. The first-order chi connectivity index (χ1) is 23.1. The van der Waals surface area contributed by atoms with Gasteiger partial charge in [-0.25, -0.2) is 0 Å². The second-order valence-electron chi connectivity index (χ2n) is 12.7. The van der Waals surface area contributed by atoms with Crippen molar-refractivity contribution < 1.29 is 29.2 Å². The van der Waals surface area contributed by atoms with Crippen LogP contribution >= 0.6 is 0 Å². The van der Waals surface area contributed by atoms with Crippen molar-refractivity contribution in [3.05, 3.63) is 93.5 Å². The Morgan fingerprint density at radius 1 is 0.939 bits per heavy atom. The maximum absolute atomic E-state index is 11.2. The number of hydrogen-bond acceptors (Lipinski definition) is 9. The average molecular weight is 678 g/mol. The Kier molecular flexibility index (Phi) is 19.0. The van der Waals surface area contributed by atoms with Crippen molar-refractivity contribution in [1.29, 1.82) is 0 Å². The molecule has 0 aliphatic rings. The van der Waals surface area contributed by atoms with E-state index in [9.17, 15) is 29.6 Å². The van der Waals surface area contributed by atoms with E-state index in [1.165, 1.54) is 43.2 Å². The van der Waals surface area contributed by atoms with E-state index in [0.717, 1.165) is 30.6 Å². The van der Waals surface area contributed by atoms with Gasteiger partial charge in [-0.3, -0.25) is 35.3 Å². The minimum Gasteiger partial charge on any atom is -0.506 e. The Morgan fingerprint density at radius 3 is 2.10 bits per heavy atom. The summed E-state index contributed by atoms with van der Waals surface area (Å²) in [5.74, 6) is 0.360. The number of nitro benzene ring substituents is 1. The summed E-state index contributed by atoms with van der Waals surface area (Å²) in [6.07, 6.45) is 4.48. The lowest BCUT2D eigenvalue weighted by molar-refractivity contribution is -0.384. The van der Waals surface area contributed by atoms with Gasteiger partial charge >= 0.3 is 0 Å². The van der Waals surface area contributed by atoms with Crippen LogP contribution < -0.4 is 20.7 Å². The third-order valence-electron chi connectivity index (χ3n) is 6.12. The van der Waals surface area contributed by atoms with Crippen LogP contribution in [0.25, 0.3) is 0 Å². The maximum atomic E-state index is 11.2. The van der Waals surface area contributed by atoms with Gasteiger partial charge in [0, 0.05) is 32.5 Å². The number of phenols is 1. The number of amides is 2. The number of unbranched alkanes of at least 4 members (excludes halogenated alkanes) is 1. The van der Waals surface area contributed by atoms with E-state index in [0.29, 0.717) is 31.3 Å². The van der Waals surface area contributed by atoms with Gasteiger partial charge in [0.25, 0.3) is 5.69 Å². The van der Waals surface area contributed by atoms with Crippen LogP contribution in [0.2, 0.25) is 0 Å². The highest BCUT2D eigenvalue weighted by atomic mass is 16.6. The minimum atomic E-state index is -0.578. The van der Waals surface area contributed by atoms with E-state index in [4.69, 9.17) is 4.74 Å². The number of ether oxygens (including phenoxy) is 1. The number of nitro groups is 1. The molecule has 12 nitrogen and oxygen atoms in total. The Balaban J connectivity index is 0.000000520. The molecule has 0 unspecified atom stereocenters. The second-order valence-corrected chi connectivity index (χ2v) is 12.7. The first-order valence-electron chi connectivity index (χ1n) is 16.1. The summed E-state index contributed by atoms with van der Waals surface area (Å²) in [5.41, 5.74) is 4.39. The smallest absolute Gasteiger partial charge is 0.271 e. The van der Waals surface area contributed by atoms with E-state index in [1.54, 1.807) is 0 Å². The third-order valence-corrected chi connectivity index (χ3v) is 6.12. The van der Waals surface area contributed by atoms with Crippen LogP contribution in [0, 0.1) is 22.5 Å². The van der Waals surface area contributed by atoms with Gasteiger partial charge in [0.05, 0.1) is 23.8 Å². The SMILES string of the molecule is CC(=O)NC(=NCCc1ccc(OCCCCc2ccccc2C)cc1)NC(C)=O.CC(C)(C)C.O=CCNc1cc([N+](=O)[O-])ccc1O. The van der Waals surface area contributed by atoms with Crippen molar-refractivity contribution in [2.45, 2.75) is 74.1 Å². The molecule has 0 saturated carbocycles. The Bertz CT molecular complexity index is 1490. The van der Waals surface area contributed by atoms with Crippen molar-refractivity contribution >= 4 is 35.4 Å². The molecule has 266 valence electrons. The highest BCUT2D eigenvalue weighted by molar-refractivity contribution is 6.03. The molecule has 0 atom stereocenters. The van der Waals surface area contributed by atoms with Crippen molar-refractivity contribution in [1.82, 2.24) is 10.6 Å². The maximum Gasteiger partial charge on any atom is 0.271 e. The number of rotatable bonds is 13. The van der Waals surface area contributed by atoms with Crippen molar-refractivity contribution in [2.24, 2.45) is 10.4 Å². The fourth-order valence-electron chi connectivity index (χ4n) is 3.92. The predicted octanol–water partition coefficient (Wildman–Crippen LogP) is 6.53.